The first-order chi connectivity index (χ1) is 9.74. The van der Waals surface area contributed by atoms with Crippen molar-refractivity contribution in [3.05, 3.63) is 41.3 Å². The molecule has 0 unspecified atom stereocenters. The van der Waals surface area contributed by atoms with Crippen LogP contribution in [0.3, 0.4) is 0 Å². The van der Waals surface area contributed by atoms with E-state index in [1.54, 1.807) is 18.1 Å². The Morgan fingerprint density at radius 3 is 2.57 bits per heavy atom. The summed E-state index contributed by atoms with van der Waals surface area (Å²) >= 11 is 5.90. The van der Waals surface area contributed by atoms with Crippen molar-refractivity contribution < 1.29 is 17.9 Å². The van der Waals surface area contributed by atoms with Crippen LogP contribution in [0.5, 0.6) is 5.75 Å². The number of ether oxygens (including phenoxy) is 1. The first-order valence-corrected chi connectivity index (χ1v) is 6.36. The molecule has 4 nitrogen and oxygen atoms in total. The smallest absolute Gasteiger partial charge is 0.404 e. The van der Waals surface area contributed by atoms with Gasteiger partial charge in [-0.25, -0.2) is 4.98 Å². The van der Waals surface area contributed by atoms with E-state index in [-0.39, 0.29) is 5.75 Å². The van der Waals surface area contributed by atoms with Crippen LogP contribution in [0.15, 0.2) is 30.6 Å². The lowest BCUT2D eigenvalue weighted by atomic mass is 10.3. The van der Waals surface area contributed by atoms with Gasteiger partial charge < -0.3 is 14.2 Å². The fraction of sp³-hybridized carbons (Fsp3) is 0.308. The number of hydrogen-bond acceptors (Lipinski definition) is 3. The maximum atomic E-state index is 12.1. The summed E-state index contributed by atoms with van der Waals surface area (Å²) in [6, 6.07) is 4.51. The summed E-state index contributed by atoms with van der Waals surface area (Å²) in [6.07, 6.45) is -1.90. The molecule has 0 saturated carbocycles. The molecule has 2 heterocycles. The standard InChI is InChI=1S/C13H13ClF3N3O/c1-19-7-9(14)5-10(19)8-20(2)12-4-3-11(6-18-12)21-13(15,16)17/h3-7H,8H2,1-2H3. The predicted octanol–water partition coefficient (Wildman–Crippen LogP) is 3.61. The maximum absolute atomic E-state index is 12.1. The molecule has 0 saturated heterocycles. The molecule has 0 atom stereocenters. The molecule has 0 spiro atoms. The van der Waals surface area contributed by atoms with E-state index in [2.05, 4.69) is 9.72 Å². The zero-order chi connectivity index (χ0) is 15.6. The van der Waals surface area contributed by atoms with Crippen molar-refractivity contribution in [3.8, 4) is 5.75 Å². The SMILES string of the molecule is CN(Cc1cc(Cl)cn1C)c1ccc(OC(F)(F)F)cn1. The fourth-order valence-corrected chi connectivity index (χ4v) is 2.11. The summed E-state index contributed by atoms with van der Waals surface area (Å²) in [5, 5.41) is 0.628. The van der Waals surface area contributed by atoms with Crippen LogP contribution in [0.25, 0.3) is 0 Å². The lowest BCUT2D eigenvalue weighted by molar-refractivity contribution is -0.274. The van der Waals surface area contributed by atoms with E-state index >= 15 is 0 Å². The Hall–Kier alpha value is -1.89. The maximum Gasteiger partial charge on any atom is 0.573 e. The van der Waals surface area contributed by atoms with Crippen molar-refractivity contribution in [1.82, 2.24) is 9.55 Å². The number of nitrogens with zero attached hydrogens (tertiary/aromatic N) is 3. The molecule has 0 radical (unpaired) electrons. The fourth-order valence-electron chi connectivity index (χ4n) is 1.84. The van der Waals surface area contributed by atoms with Gasteiger partial charge in [-0.2, -0.15) is 0 Å². The number of anilines is 1. The Morgan fingerprint density at radius 1 is 1.38 bits per heavy atom. The molecule has 0 aliphatic heterocycles. The van der Waals surface area contributed by atoms with Crippen LogP contribution in [0.2, 0.25) is 5.02 Å². The number of pyridine rings is 1. The largest absolute Gasteiger partial charge is 0.573 e. The quantitative estimate of drug-likeness (QED) is 0.862. The second kappa shape index (κ2) is 5.85. The summed E-state index contributed by atoms with van der Waals surface area (Å²) in [5.74, 6) is 0.184. The first-order valence-electron chi connectivity index (χ1n) is 5.98. The van der Waals surface area contributed by atoms with Crippen LogP contribution in [0.4, 0.5) is 19.0 Å². The first kappa shape index (κ1) is 15.5. The average Bonchev–Trinajstić information content (AvgIpc) is 2.66. The van der Waals surface area contributed by atoms with Crippen molar-refractivity contribution in [2.75, 3.05) is 11.9 Å². The van der Waals surface area contributed by atoms with Crippen molar-refractivity contribution in [2.24, 2.45) is 7.05 Å². The van der Waals surface area contributed by atoms with Crippen LogP contribution in [0.1, 0.15) is 5.69 Å². The monoisotopic (exact) mass is 319 g/mol. The summed E-state index contributed by atoms with van der Waals surface area (Å²) in [5.41, 5.74) is 0.958. The highest BCUT2D eigenvalue weighted by molar-refractivity contribution is 6.30. The van der Waals surface area contributed by atoms with Gasteiger partial charge in [-0.15, -0.1) is 13.2 Å². The zero-order valence-corrected chi connectivity index (χ0v) is 12.1. The lowest BCUT2D eigenvalue weighted by Crippen LogP contribution is -2.20. The molecule has 0 aliphatic rings. The van der Waals surface area contributed by atoms with E-state index in [9.17, 15) is 13.2 Å². The predicted molar refractivity (Wildman–Crippen MR) is 73.5 cm³/mol. The number of rotatable bonds is 4. The van der Waals surface area contributed by atoms with Gasteiger partial charge in [-0.05, 0) is 18.2 Å². The molecule has 0 aromatic carbocycles. The summed E-state index contributed by atoms with van der Waals surface area (Å²) in [7, 11) is 3.65. The van der Waals surface area contributed by atoms with Crippen molar-refractivity contribution >= 4 is 17.4 Å². The minimum absolute atomic E-state index is 0.346. The molecule has 0 bridgehead atoms. The van der Waals surface area contributed by atoms with Crippen LogP contribution in [-0.2, 0) is 13.6 Å². The van der Waals surface area contributed by atoms with Crippen molar-refractivity contribution in [1.29, 1.82) is 0 Å². The number of aromatic nitrogens is 2. The van der Waals surface area contributed by atoms with E-state index in [0.717, 1.165) is 11.9 Å². The topological polar surface area (TPSA) is 30.3 Å². The van der Waals surface area contributed by atoms with Gasteiger partial charge in [0.25, 0.3) is 0 Å². The van der Waals surface area contributed by atoms with Gasteiger partial charge >= 0.3 is 6.36 Å². The van der Waals surface area contributed by atoms with Crippen LogP contribution in [0, 0.1) is 0 Å². The van der Waals surface area contributed by atoms with Crippen LogP contribution >= 0.6 is 11.6 Å². The molecule has 0 fully saturated rings. The lowest BCUT2D eigenvalue weighted by Gasteiger charge is -2.19. The molecule has 0 aliphatic carbocycles. The minimum Gasteiger partial charge on any atom is -0.404 e. The Bertz CT molecular complexity index is 610. The number of hydrogen-bond donors (Lipinski definition) is 0. The molecular formula is C13H13ClF3N3O. The van der Waals surface area contributed by atoms with Crippen LogP contribution in [-0.4, -0.2) is 23.0 Å². The Kier molecular flexibility index (Phi) is 4.32. The molecule has 21 heavy (non-hydrogen) atoms. The second-order valence-electron chi connectivity index (χ2n) is 4.52. The van der Waals surface area contributed by atoms with E-state index < -0.39 is 6.36 Å². The molecule has 2 aromatic rings. The third-order valence-corrected chi connectivity index (χ3v) is 3.03. The van der Waals surface area contributed by atoms with Gasteiger partial charge in [0.05, 0.1) is 17.8 Å². The minimum atomic E-state index is -4.71. The Balaban J connectivity index is 2.06. The molecule has 8 heteroatoms. The third-order valence-electron chi connectivity index (χ3n) is 2.82. The van der Waals surface area contributed by atoms with E-state index in [1.165, 1.54) is 12.1 Å². The molecular weight excluding hydrogens is 307 g/mol. The highest BCUT2D eigenvalue weighted by Gasteiger charge is 2.31. The van der Waals surface area contributed by atoms with Gasteiger partial charge in [0.15, 0.2) is 0 Å². The average molecular weight is 320 g/mol. The van der Waals surface area contributed by atoms with Crippen LogP contribution < -0.4 is 9.64 Å². The zero-order valence-electron chi connectivity index (χ0n) is 11.4. The van der Waals surface area contributed by atoms with E-state index in [0.29, 0.717) is 17.4 Å². The molecule has 0 amide bonds. The molecule has 2 rings (SSSR count). The van der Waals surface area contributed by atoms with Gasteiger partial charge in [0.1, 0.15) is 11.6 Å². The van der Waals surface area contributed by atoms with Gasteiger partial charge in [0, 0.05) is 26.0 Å². The Labute approximate surface area is 124 Å². The van der Waals surface area contributed by atoms with Gasteiger partial charge in [-0.1, -0.05) is 11.6 Å². The van der Waals surface area contributed by atoms with Crippen molar-refractivity contribution in [2.45, 2.75) is 12.9 Å². The van der Waals surface area contributed by atoms with E-state index in [1.807, 2.05) is 17.7 Å². The number of halogens is 4. The van der Waals surface area contributed by atoms with Gasteiger partial charge in [-0.3, -0.25) is 0 Å². The summed E-state index contributed by atoms with van der Waals surface area (Å²) in [4.78, 5) is 5.75. The summed E-state index contributed by atoms with van der Waals surface area (Å²) in [6.45, 7) is 0.524. The molecule has 2 aromatic heterocycles. The second-order valence-corrected chi connectivity index (χ2v) is 4.95. The summed E-state index contributed by atoms with van der Waals surface area (Å²) < 4.78 is 41.8. The third kappa shape index (κ3) is 4.29. The molecule has 114 valence electrons. The van der Waals surface area contributed by atoms with E-state index in [4.69, 9.17) is 11.6 Å². The van der Waals surface area contributed by atoms with Gasteiger partial charge in [0.2, 0.25) is 0 Å². The highest BCUT2D eigenvalue weighted by Crippen LogP contribution is 2.24. The molecule has 0 N–H and O–H groups in total. The van der Waals surface area contributed by atoms with Crippen molar-refractivity contribution in [3.63, 3.8) is 0 Å². The number of aryl methyl sites for hydroxylation is 1. The normalized spacial score (nSPS) is 11.5. The highest BCUT2D eigenvalue weighted by atomic mass is 35.5. The Morgan fingerprint density at radius 2 is 2.10 bits per heavy atom. The number of alkyl halides is 3.